The van der Waals surface area contributed by atoms with Crippen molar-refractivity contribution in [3.8, 4) is 0 Å². The quantitative estimate of drug-likeness (QED) is 0.871. The van der Waals surface area contributed by atoms with Gasteiger partial charge < -0.3 is 5.11 Å². The summed E-state index contributed by atoms with van der Waals surface area (Å²) in [5.41, 5.74) is 0.241. The predicted octanol–water partition coefficient (Wildman–Crippen LogP) is 2.45. The van der Waals surface area contributed by atoms with E-state index in [1.807, 2.05) is 0 Å². The van der Waals surface area contributed by atoms with Crippen molar-refractivity contribution < 1.29 is 18.3 Å². The van der Waals surface area contributed by atoms with E-state index in [1.165, 1.54) is 18.2 Å². The number of hydrogen-bond acceptors (Lipinski definition) is 3. The highest BCUT2D eigenvalue weighted by Gasteiger charge is 2.32. The van der Waals surface area contributed by atoms with E-state index in [4.69, 9.17) is 28.3 Å². The summed E-state index contributed by atoms with van der Waals surface area (Å²) >= 11 is 11.6. The Labute approximate surface area is 132 Å². The van der Waals surface area contributed by atoms with Crippen LogP contribution in [0.4, 0.5) is 5.69 Å². The molecule has 1 unspecified atom stereocenters. The first kappa shape index (κ1) is 16.4. The van der Waals surface area contributed by atoms with E-state index >= 15 is 0 Å². The summed E-state index contributed by atoms with van der Waals surface area (Å²) in [6, 6.07) is 4.36. The average Bonchev–Trinajstić information content (AvgIpc) is 2.37. The highest BCUT2D eigenvalue weighted by Crippen LogP contribution is 2.25. The molecule has 1 heterocycles. The standard InChI is InChI=1S/C12H14Cl2N2O4S/c13-9-4-10(14)6-11(5-9)15-21(19,20)16-3-1-2-8(7-16)12(17)18/h4-6,8,15H,1-3,7H2,(H,17,18). The minimum absolute atomic E-state index is 0.0427. The zero-order valence-electron chi connectivity index (χ0n) is 10.9. The fourth-order valence-corrected chi connectivity index (χ4v) is 4.01. The van der Waals surface area contributed by atoms with E-state index < -0.39 is 22.1 Å². The van der Waals surface area contributed by atoms with Crippen LogP contribution in [0, 0.1) is 5.92 Å². The Morgan fingerprint density at radius 2 is 1.90 bits per heavy atom. The van der Waals surface area contributed by atoms with Crippen LogP contribution < -0.4 is 4.72 Å². The molecule has 0 bridgehead atoms. The average molecular weight is 353 g/mol. The van der Waals surface area contributed by atoms with Gasteiger partial charge in [0, 0.05) is 23.1 Å². The fraction of sp³-hybridized carbons (Fsp3) is 0.417. The van der Waals surface area contributed by atoms with Gasteiger partial charge >= 0.3 is 16.2 Å². The molecule has 1 aliphatic heterocycles. The molecule has 1 saturated heterocycles. The van der Waals surface area contributed by atoms with Gasteiger partial charge in [0.2, 0.25) is 0 Å². The van der Waals surface area contributed by atoms with E-state index in [-0.39, 0.29) is 18.8 Å². The summed E-state index contributed by atoms with van der Waals surface area (Å²) < 4.78 is 28.1. The highest BCUT2D eigenvalue weighted by atomic mass is 35.5. The number of carboxylic acid groups (broad SMARTS) is 1. The topological polar surface area (TPSA) is 86.7 Å². The number of piperidine rings is 1. The number of halogens is 2. The van der Waals surface area contributed by atoms with Gasteiger partial charge in [0.05, 0.1) is 11.6 Å². The van der Waals surface area contributed by atoms with Gasteiger partial charge in [-0.3, -0.25) is 9.52 Å². The van der Waals surface area contributed by atoms with Crippen molar-refractivity contribution >= 4 is 45.1 Å². The number of rotatable bonds is 4. The number of nitrogens with zero attached hydrogens (tertiary/aromatic N) is 1. The van der Waals surface area contributed by atoms with Crippen LogP contribution in [0.25, 0.3) is 0 Å². The Bertz CT molecular complexity index is 630. The lowest BCUT2D eigenvalue weighted by molar-refractivity contribution is -0.142. The third-order valence-corrected chi connectivity index (χ3v) is 5.12. The Morgan fingerprint density at radius 1 is 1.29 bits per heavy atom. The summed E-state index contributed by atoms with van der Waals surface area (Å²) in [5.74, 6) is -1.67. The Hall–Kier alpha value is -1.02. The van der Waals surface area contributed by atoms with Gasteiger partial charge in [-0.1, -0.05) is 23.2 Å². The first-order valence-corrected chi connectivity index (χ1v) is 8.44. The van der Waals surface area contributed by atoms with Gasteiger partial charge in [-0.25, -0.2) is 0 Å². The lowest BCUT2D eigenvalue weighted by Crippen LogP contribution is -2.44. The predicted molar refractivity (Wildman–Crippen MR) is 80.9 cm³/mol. The van der Waals surface area contributed by atoms with Crippen molar-refractivity contribution in [3.05, 3.63) is 28.2 Å². The maximum atomic E-state index is 12.3. The normalized spacial score (nSPS) is 20.2. The van der Waals surface area contributed by atoms with E-state index in [0.717, 1.165) is 4.31 Å². The molecule has 1 aromatic carbocycles. The highest BCUT2D eigenvalue weighted by molar-refractivity contribution is 7.90. The monoisotopic (exact) mass is 352 g/mol. The Kier molecular flexibility index (Phi) is 4.98. The van der Waals surface area contributed by atoms with Crippen LogP contribution in [0.15, 0.2) is 18.2 Å². The van der Waals surface area contributed by atoms with Crippen molar-refractivity contribution in [2.24, 2.45) is 5.92 Å². The van der Waals surface area contributed by atoms with Crippen molar-refractivity contribution in [2.45, 2.75) is 12.8 Å². The Balaban J connectivity index is 2.16. The molecule has 0 radical (unpaired) electrons. The number of carbonyl (C=O) groups is 1. The van der Waals surface area contributed by atoms with Crippen molar-refractivity contribution in [3.63, 3.8) is 0 Å². The summed E-state index contributed by atoms with van der Waals surface area (Å²) in [4.78, 5) is 11.0. The smallest absolute Gasteiger partial charge is 0.307 e. The van der Waals surface area contributed by atoms with Gasteiger partial charge in [-0.05, 0) is 31.0 Å². The lowest BCUT2D eigenvalue weighted by atomic mass is 10.0. The lowest BCUT2D eigenvalue weighted by Gasteiger charge is -2.30. The van der Waals surface area contributed by atoms with Crippen LogP contribution in [-0.2, 0) is 15.0 Å². The first-order valence-electron chi connectivity index (χ1n) is 6.25. The zero-order valence-corrected chi connectivity index (χ0v) is 13.2. The minimum atomic E-state index is -3.83. The molecule has 0 aromatic heterocycles. The second kappa shape index (κ2) is 6.39. The molecular weight excluding hydrogens is 339 g/mol. The molecule has 2 rings (SSSR count). The molecule has 116 valence electrons. The third kappa shape index (κ3) is 4.23. The fourth-order valence-electron chi connectivity index (χ4n) is 2.19. The second-order valence-corrected chi connectivity index (χ2v) is 7.34. The van der Waals surface area contributed by atoms with Crippen molar-refractivity contribution in [1.29, 1.82) is 0 Å². The SMILES string of the molecule is O=C(O)C1CCCN(S(=O)(=O)Nc2cc(Cl)cc(Cl)c2)C1. The van der Waals surface area contributed by atoms with E-state index in [2.05, 4.69) is 4.72 Å². The molecule has 0 spiro atoms. The van der Waals surface area contributed by atoms with Gasteiger partial charge in [-0.2, -0.15) is 12.7 Å². The molecule has 6 nitrogen and oxygen atoms in total. The van der Waals surface area contributed by atoms with Gasteiger partial charge in [0.25, 0.3) is 0 Å². The van der Waals surface area contributed by atoms with Crippen LogP contribution in [0.1, 0.15) is 12.8 Å². The van der Waals surface area contributed by atoms with E-state index in [0.29, 0.717) is 22.9 Å². The van der Waals surface area contributed by atoms with E-state index in [9.17, 15) is 13.2 Å². The molecule has 2 N–H and O–H groups in total. The van der Waals surface area contributed by atoms with Crippen LogP contribution in [0.5, 0.6) is 0 Å². The number of nitrogens with one attached hydrogen (secondary N) is 1. The summed E-state index contributed by atoms with van der Waals surface area (Å²) in [6.45, 7) is 0.242. The summed E-state index contributed by atoms with van der Waals surface area (Å²) in [7, 11) is -3.83. The van der Waals surface area contributed by atoms with Crippen LogP contribution in [-0.4, -0.2) is 36.9 Å². The van der Waals surface area contributed by atoms with Gasteiger partial charge in [0.1, 0.15) is 0 Å². The van der Waals surface area contributed by atoms with Gasteiger partial charge in [0.15, 0.2) is 0 Å². The molecule has 1 aliphatic rings. The second-order valence-electron chi connectivity index (χ2n) is 4.80. The number of carboxylic acids is 1. The van der Waals surface area contributed by atoms with Crippen molar-refractivity contribution in [1.82, 2.24) is 4.31 Å². The molecule has 0 amide bonds. The first-order chi connectivity index (χ1) is 9.78. The van der Waals surface area contributed by atoms with Crippen molar-refractivity contribution in [2.75, 3.05) is 17.8 Å². The maximum absolute atomic E-state index is 12.3. The van der Waals surface area contributed by atoms with Gasteiger partial charge in [-0.15, -0.1) is 0 Å². The maximum Gasteiger partial charge on any atom is 0.307 e. The Morgan fingerprint density at radius 3 is 2.48 bits per heavy atom. The largest absolute Gasteiger partial charge is 0.481 e. The van der Waals surface area contributed by atoms with Crippen LogP contribution in [0.3, 0.4) is 0 Å². The zero-order chi connectivity index (χ0) is 15.6. The molecule has 1 atom stereocenters. The number of aliphatic carboxylic acids is 1. The summed E-state index contributed by atoms with van der Waals surface area (Å²) in [5, 5.41) is 9.62. The molecule has 1 fully saturated rings. The molecule has 1 aromatic rings. The number of hydrogen-bond donors (Lipinski definition) is 2. The number of benzene rings is 1. The minimum Gasteiger partial charge on any atom is -0.481 e. The van der Waals surface area contributed by atoms with Crippen LogP contribution in [0.2, 0.25) is 10.0 Å². The van der Waals surface area contributed by atoms with E-state index in [1.54, 1.807) is 0 Å². The molecule has 21 heavy (non-hydrogen) atoms. The molecule has 0 aliphatic carbocycles. The molecular formula is C12H14Cl2N2O4S. The third-order valence-electron chi connectivity index (χ3n) is 3.18. The molecule has 9 heteroatoms. The molecule has 0 saturated carbocycles. The number of anilines is 1. The van der Waals surface area contributed by atoms with Crippen LogP contribution >= 0.6 is 23.2 Å². The summed E-state index contributed by atoms with van der Waals surface area (Å²) in [6.07, 6.45) is 0.985.